The summed E-state index contributed by atoms with van der Waals surface area (Å²) in [6.07, 6.45) is 0. The Bertz CT molecular complexity index is 155. The lowest BCUT2D eigenvalue weighted by Gasteiger charge is -2.27. The average Bonchev–Trinajstić information content (AvgIpc) is 2.30. The fourth-order valence-corrected chi connectivity index (χ4v) is 3.03. The number of hydrogen-bond acceptors (Lipinski definition) is 2. The zero-order chi connectivity index (χ0) is 13.8. The van der Waals surface area contributed by atoms with E-state index in [4.69, 9.17) is 58.0 Å². The first-order valence-electron chi connectivity index (χ1n) is 6.00. The second-order valence-electron chi connectivity index (χ2n) is 3.95. The van der Waals surface area contributed by atoms with Crippen LogP contribution in [0.5, 0.6) is 0 Å². The molecule has 0 spiro atoms. The van der Waals surface area contributed by atoms with Crippen molar-refractivity contribution in [1.29, 1.82) is 0 Å². The van der Waals surface area contributed by atoms with Gasteiger partial charge in [-0.2, -0.15) is 0 Å². The first-order valence-corrected chi connectivity index (χ1v) is 8.58. The number of nitrogens with zero attached hydrogens (tertiary/aromatic N) is 2. The van der Waals surface area contributed by atoms with Crippen molar-refractivity contribution < 1.29 is 0 Å². The van der Waals surface area contributed by atoms with E-state index in [-0.39, 0.29) is 5.38 Å². The standard InChI is InChI=1S/C11H21Cl5N2/c12-1-5-17(6-2-13)9-11(16)10-18(7-3-14)8-4-15/h11H,1-10H2. The minimum Gasteiger partial charge on any atom is -0.299 e. The second-order valence-corrected chi connectivity index (χ2v) is 6.08. The largest absolute Gasteiger partial charge is 0.299 e. The van der Waals surface area contributed by atoms with Gasteiger partial charge in [0.05, 0.1) is 5.38 Å². The highest BCUT2D eigenvalue weighted by molar-refractivity contribution is 6.21. The molecule has 0 aromatic carbocycles. The lowest BCUT2D eigenvalue weighted by Crippen LogP contribution is -2.40. The molecule has 0 bridgehead atoms. The highest BCUT2D eigenvalue weighted by Crippen LogP contribution is 2.05. The van der Waals surface area contributed by atoms with Gasteiger partial charge in [0.25, 0.3) is 0 Å². The SMILES string of the molecule is ClCCN(CCCl)CC(Cl)CN(CCCl)CCCl. The van der Waals surface area contributed by atoms with E-state index in [1.54, 1.807) is 0 Å². The summed E-state index contributed by atoms with van der Waals surface area (Å²) in [7, 11) is 0. The fourth-order valence-electron chi connectivity index (χ4n) is 1.68. The molecule has 2 nitrogen and oxygen atoms in total. The van der Waals surface area contributed by atoms with E-state index in [1.165, 1.54) is 0 Å². The summed E-state index contributed by atoms with van der Waals surface area (Å²) in [6.45, 7) is 4.79. The monoisotopic (exact) mass is 356 g/mol. The quantitative estimate of drug-likeness (QED) is 0.495. The van der Waals surface area contributed by atoms with Crippen molar-refractivity contribution >= 4 is 58.0 Å². The van der Waals surface area contributed by atoms with Crippen LogP contribution in [-0.4, -0.2) is 78.0 Å². The number of halogens is 5. The lowest BCUT2D eigenvalue weighted by molar-refractivity contribution is 0.257. The minimum absolute atomic E-state index is 0.0304. The average molecular weight is 359 g/mol. The zero-order valence-electron chi connectivity index (χ0n) is 10.4. The first kappa shape index (κ1) is 19.4. The summed E-state index contributed by atoms with van der Waals surface area (Å²) >= 11 is 29.3. The van der Waals surface area contributed by atoms with Gasteiger partial charge in [-0.05, 0) is 0 Å². The molecule has 0 aliphatic rings. The Morgan fingerprint density at radius 1 is 0.611 bits per heavy atom. The van der Waals surface area contributed by atoms with Crippen molar-refractivity contribution in [3.63, 3.8) is 0 Å². The molecule has 0 heterocycles. The van der Waals surface area contributed by atoms with E-state index >= 15 is 0 Å². The van der Waals surface area contributed by atoms with Crippen molar-refractivity contribution in [3.05, 3.63) is 0 Å². The van der Waals surface area contributed by atoms with Gasteiger partial charge in [-0.15, -0.1) is 58.0 Å². The summed E-state index contributed by atoms with van der Waals surface area (Å²) in [6, 6.07) is 0. The number of hydrogen-bond donors (Lipinski definition) is 0. The summed E-state index contributed by atoms with van der Waals surface area (Å²) in [4.78, 5) is 4.36. The maximum Gasteiger partial charge on any atom is 0.0590 e. The summed E-state index contributed by atoms with van der Waals surface area (Å²) in [5.41, 5.74) is 0. The third-order valence-corrected chi connectivity index (χ3v) is 3.47. The van der Waals surface area contributed by atoms with Crippen LogP contribution in [-0.2, 0) is 0 Å². The molecule has 0 aromatic heterocycles. The summed E-state index contributed by atoms with van der Waals surface area (Å²) < 4.78 is 0. The zero-order valence-corrected chi connectivity index (χ0v) is 14.2. The normalized spacial score (nSPS) is 12.0. The Balaban J connectivity index is 4.05. The highest BCUT2D eigenvalue weighted by Gasteiger charge is 2.15. The topological polar surface area (TPSA) is 6.48 Å². The smallest absolute Gasteiger partial charge is 0.0590 e. The third kappa shape index (κ3) is 10.2. The number of rotatable bonds is 12. The Morgan fingerprint density at radius 3 is 1.11 bits per heavy atom. The number of alkyl halides is 5. The molecular formula is C11H21Cl5N2. The molecule has 0 amide bonds. The molecule has 0 aromatic rings. The van der Waals surface area contributed by atoms with Gasteiger partial charge in [0.15, 0.2) is 0 Å². The molecule has 0 rings (SSSR count). The Morgan fingerprint density at radius 2 is 0.889 bits per heavy atom. The van der Waals surface area contributed by atoms with E-state index in [1.807, 2.05) is 0 Å². The van der Waals surface area contributed by atoms with Crippen LogP contribution in [0, 0.1) is 0 Å². The van der Waals surface area contributed by atoms with Gasteiger partial charge in [-0.1, -0.05) is 0 Å². The van der Waals surface area contributed by atoms with Crippen LogP contribution in [0.1, 0.15) is 0 Å². The molecule has 7 heteroatoms. The highest BCUT2D eigenvalue weighted by atomic mass is 35.5. The maximum absolute atomic E-state index is 6.36. The predicted molar refractivity (Wildman–Crippen MR) is 85.4 cm³/mol. The van der Waals surface area contributed by atoms with E-state index in [2.05, 4.69) is 9.80 Å². The van der Waals surface area contributed by atoms with Crippen LogP contribution in [0.4, 0.5) is 0 Å². The molecular weight excluding hydrogens is 337 g/mol. The van der Waals surface area contributed by atoms with Gasteiger partial charge in [0, 0.05) is 62.8 Å². The minimum atomic E-state index is 0.0304. The summed E-state index contributed by atoms with van der Waals surface area (Å²) in [5.74, 6) is 2.36. The lowest BCUT2D eigenvalue weighted by atomic mass is 10.3. The molecule has 0 aliphatic carbocycles. The molecule has 0 aliphatic heterocycles. The molecule has 0 atom stereocenters. The molecule has 0 saturated heterocycles. The van der Waals surface area contributed by atoms with Crippen molar-refractivity contribution in [2.24, 2.45) is 0 Å². The van der Waals surface area contributed by atoms with E-state index in [9.17, 15) is 0 Å². The van der Waals surface area contributed by atoms with Crippen molar-refractivity contribution in [2.75, 3.05) is 62.8 Å². The molecule has 0 unspecified atom stereocenters. The van der Waals surface area contributed by atoms with E-state index in [0.29, 0.717) is 23.5 Å². The maximum atomic E-state index is 6.36. The van der Waals surface area contributed by atoms with Crippen molar-refractivity contribution in [3.8, 4) is 0 Å². The molecule has 0 radical (unpaired) electrons. The molecule has 18 heavy (non-hydrogen) atoms. The van der Waals surface area contributed by atoms with Crippen LogP contribution in [0.25, 0.3) is 0 Å². The van der Waals surface area contributed by atoms with Gasteiger partial charge in [0.1, 0.15) is 0 Å². The first-order chi connectivity index (χ1) is 8.67. The molecule has 110 valence electrons. The van der Waals surface area contributed by atoms with E-state index in [0.717, 1.165) is 39.3 Å². The van der Waals surface area contributed by atoms with Gasteiger partial charge in [-0.25, -0.2) is 0 Å². The van der Waals surface area contributed by atoms with Crippen molar-refractivity contribution in [2.45, 2.75) is 5.38 Å². The summed E-state index contributed by atoms with van der Waals surface area (Å²) in [5, 5.41) is 0.0304. The third-order valence-electron chi connectivity index (χ3n) is 2.52. The van der Waals surface area contributed by atoms with Crippen LogP contribution >= 0.6 is 58.0 Å². The van der Waals surface area contributed by atoms with Crippen LogP contribution < -0.4 is 0 Å². The van der Waals surface area contributed by atoms with Crippen LogP contribution in [0.3, 0.4) is 0 Å². The van der Waals surface area contributed by atoms with Gasteiger partial charge >= 0.3 is 0 Å². The van der Waals surface area contributed by atoms with Crippen molar-refractivity contribution in [1.82, 2.24) is 9.80 Å². The molecule has 0 saturated carbocycles. The fraction of sp³-hybridized carbons (Fsp3) is 1.00. The van der Waals surface area contributed by atoms with Gasteiger partial charge in [0.2, 0.25) is 0 Å². The van der Waals surface area contributed by atoms with Gasteiger partial charge < -0.3 is 0 Å². The Hall–Kier alpha value is 1.37. The van der Waals surface area contributed by atoms with Crippen LogP contribution in [0.2, 0.25) is 0 Å². The predicted octanol–water partition coefficient (Wildman–Crippen LogP) is 3.15. The van der Waals surface area contributed by atoms with Gasteiger partial charge in [-0.3, -0.25) is 9.80 Å². The van der Waals surface area contributed by atoms with Crippen LogP contribution in [0.15, 0.2) is 0 Å². The van der Waals surface area contributed by atoms with E-state index < -0.39 is 0 Å². The Kier molecular flexibility index (Phi) is 14.4. The second kappa shape index (κ2) is 13.4. The molecule has 0 fully saturated rings. The Labute approximate surface area is 135 Å². The molecule has 0 N–H and O–H groups in total.